The molecule has 0 bridgehead atoms. The molecule has 0 radical (unpaired) electrons. The van der Waals surface area contributed by atoms with E-state index in [9.17, 15) is 29.1 Å². The topological polar surface area (TPSA) is 214 Å². The van der Waals surface area contributed by atoms with Crippen LogP contribution in [0.25, 0.3) is 0 Å². The van der Waals surface area contributed by atoms with Gasteiger partial charge in [0.2, 0.25) is 23.6 Å². The molecule has 4 atom stereocenters. The normalized spacial score (nSPS) is 15.0. The Labute approximate surface area is 173 Å². The Bertz CT molecular complexity index is 616. The molecule has 0 rings (SSSR count). The van der Waals surface area contributed by atoms with E-state index in [1.54, 1.807) is 13.8 Å². The van der Waals surface area contributed by atoms with E-state index in [-0.39, 0.29) is 18.1 Å². The van der Waals surface area contributed by atoms with E-state index < -0.39 is 66.8 Å². The maximum atomic E-state index is 12.4. The van der Waals surface area contributed by atoms with Gasteiger partial charge in [-0.3, -0.25) is 19.2 Å². The Kier molecular flexibility index (Phi) is 11.9. The molecular formula is C16H29N5O7S. The second-order valence-corrected chi connectivity index (χ2v) is 7.16. The van der Waals surface area contributed by atoms with E-state index in [1.807, 2.05) is 0 Å². The molecular weight excluding hydrogens is 406 g/mol. The average Bonchev–Trinajstić information content (AvgIpc) is 2.62. The zero-order valence-electron chi connectivity index (χ0n) is 16.3. The van der Waals surface area contributed by atoms with Crippen molar-refractivity contribution in [3.05, 3.63) is 0 Å². The van der Waals surface area contributed by atoms with Crippen LogP contribution in [-0.2, 0) is 24.0 Å². The van der Waals surface area contributed by atoms with Crippen molar-refractivity contribution in [1.29, 1.82) is 0 Å². The third-order valence-electron chi connectivity index (χ3n) is 3.71. The van der Waals surface area contributed by atoms with Crippen LogP contribution in [0.3, 0.4) is 0 Å². The molecule has 0 saturated carbocycles. The Morgan fingerprint density at radius 2 is 1.41 bits per heavy atom. The van der Waals surface area contributed by atoms with E-state index in [1.165, 1.54) is 0 Å². The third-order valence-corrected chi connectivity index (χ3v) is 4.07. The number of thiol groups is 1. The maximum Gasteiger partial charge on any atom is 0.326 e. The van der Waals surface area contributed by atoms with Gasteiger partial charge in [0.1, 0.15) is 24.2 Å². The summed E-state index contributed by atoms with van der Waals surface area (Å²) in [5.74, 6) is -4.99. The van der Waals surface area contributed by atoms with Crippen LogP contribution >= 0.6 is 12.6 Å². The van der Waals surface area contributed by atoms with Crippen LogP contribution in [0.5, 0.6) is 0 Å². The van der Waals surface area contributed by atoms with Gasteiger partial charge in [-0.15, -0.1) is 0 Å². The number of carboxylic acid groups (broad SMARTS) is 1. The summed E-state index contributed by atoms with van der Waals surface area (Å²) in [5.41, 5.74) is 10.5. The molecule has 0 spiro atoms. The number of nitrogens with one attached hydrogen (secondary N) is 3. The van der Waals surface area contributed by atoms with Gasteiger partial charge in [-0.25, -0.2) is 4.79 Å². The highest BCUT2D eigenvalue weighted by atomic mass is 32.1. The molecule has 0 heterocycles. The zero-order valence-corrected chi connectivity index (χ0v) is 17.1. The minimum Gasteiger partial charge on any atom is -0.480 e. The van der Waals surface area contributed by atoms with Gasteiger partial charge in [-0.1, -0.05) is 13.8 Å². The number of nitrogens with two attached hydrogens (primary N) is 2. The first-order chi connectivity index (χ1) is 13.4. The van der Waals surface area contributed by atoms with Crippen molar-refractivity contribution in [1.82, 2.24) is 16.0 Å². The highest BCUT2D eigenvalue weighted by molar-refractivity contribution is 7.80. The summed E-state index contributed by atoms with van der Waals surface area (Å²) >= 11 is 3.94. The number of carboxylic acids is 1. The molecule has 0 aromatic heterocycles. The van der Waals surface area contributed by atoms with Gasteiger partial charge in [-0.2, -0.15) is 12.6 Å². The van der Waals surface area contributed by atoms with Gasteiger partial charge in [-0.05, 0) is 12.3 Å². The number of aliphatic hydroxyl groups is 1. The highest BCUT2D eigenvalue weighted by Crippen LogP contribution is 2.06. The molecule has 0 aliphatic heterocycles. The highest BCUT2D eigenvalue weighted by Gasteiger charge is 2.31. The average molecular weight is 436 g/mol. The molecule has 4 amide bonds. The molecule has 0 aromatic rings. The number of amides is 4. The lowest BCUT2D eigenvalue weighted by Crippen LogP contribution is -2.58. The molecule has 29 heavy (non-hydrogen) atoms. The van der Waals surface area contributed by atoms with Crippen molar-refractivity contribution in [2.24, 2.45) is 17.4 Å². The lowest BCUT2D eigenvalue weighted by atomic mass is 10.0. The summed E-state index contributed by atoms with van der Waals surface area (Å²) in [6.45, 7) is 2.88. The molecule has 4 unspecified atom stereocenters. The van der Waals surface area contributed by atoms with Crippen molar-refractivity contribution in [2.45, 2.75) is 50.9 Å². The fourth-order valence-corrected chi connectivity index (χ4v) is 2.46. The van der Waals surface area contributed by atoms with E-state index >= 15 is 0 Å². The molecule has 166 valence electrons. The Morgan fingerprint density at radius 1 is 0.931 bits per heavy atom. The largest absolute Gasteiger partial charge is 0.480 e. The molecule has 9 N–H and O–H groups in total. The minimum absolute atomic E-state index is 0.0416. The van der Waals surface area contributed by atoms with Crippen LogP contribution in [-0.4, -0.2) is 76.3 Å². The summed E-state index contributed by atoms with van der Waals surface area (Å²) in [4.78, 5) is 59.2. The molecule has 0 aliphatic carbocycles. The van der Waals surface area contributed by atoms with Crippen LogP contribution in [0.1, 0.15) is 26.7 Å². The number of aliphatic hydroxyl groups excluding tert-OH is 1. The summed E-state index contributed by atoms with van der Waals surface area (Å²) in [6.07, 6.45) is -0.457. The second-order valence-electron chi connectivity index (χ2n) is 6.79. The van der Waals surface area contributed by atoms with Crippen molar-refractivity contribution >= 4 is 42.2 Å². The van der Waals surface area contributed by atoms with Gasteiger partial charge in [0, 0.05) is 5.75 Å². The van der Waals surface area contributed by atoms with Crippen molar-refractivity contribution in [2.75, 3.05) is 12.4 Å². The molecule has 13 heteroatoms. The van der Waals surface area contributed by atoms with Gasteiger partial charge in [0.25, 0.3) is 0 Å². The van der Waals surface area contributed by atoms with Gasteiger partial charge >= 0.3 is 5.97 Å². The zero-order chi connectivity index (χ0) is 22.7. The fraction of sp³-hybridized carbons (Fsp3) is 0.688. The summed E-state index contributed by atoms with van der Waals surface area (Å²) in [5, 5.41) is 24.9. The van der Waals surface area contributed by atoms with E-state index in [0.717, 1.165) is 0 Å². The van der Waals surface area contributed by atoms with E-state index in [4.69, 9.17) is 16.6 Å². The quantitative estimate of drug-likeness (QED) is 0.137. The number of carbonyl (C=O) groups is 5. The third kappa shape index (κ3) is 10.1. The Balaban J connectivity index is 5.27. The fourth-order valence-electron chi connectivity index (χ4n) is 2.20. The van der Waals surface area contributed by atoms with Crippen LogP contribution in [0.4, 0.5) is 0 Å². The van der Waals surface area contributed by atoms with Crippen molar-refractivity contribution in [3.63, 3.8) is 0 Å². The Morgan fingerprint density at radius 3 is 1.83 bits per heavy atom. The number of hydrogen-bond donors (Lipinski definition) is 8. The lowest BCUT2D eigenvalue weighted by molar-refractivity contribution is -0.143. The van der Waals surface area contributed by atoms with Gasteiger partial charge in [0.05, 0.1) is 13.0 Å². The first-order valence-corrected chi connectivity index (χ1v) is 9.45. The number of aliphatic carboxylic acids is 1. The van der Waals surface area contributed by atoms with Crippen LogP contribution < -0.4 is 27.4 Å². The van der Waals surface area contributed by atoms with Gasteiger partial charge < -0.3 is 37.6 Å². The van der Waals surface area contributed by atoms with Crippen LogP contribution in [0.2, 0.25) is 0 Å². The summed E-state index contributed by atoms with van der Waals surface area (Å²) in [6, 6.07) is -5.17. The molecule has 0 saturated heterocycles. The molecule has 0 aromatic carbocycles. The number of carbonyl (C=O) groups excluding carboxylic acids is 4. The van der Waals surface area contributed by atoms with Gasteiger partial charge in [0.15, 0.2) is 0 Å². The SMILES string of the molecule is CC(C)CC(NC(=O)C(CC(N)=O)NC(=O)C(CS)NC(=O)C(N)CO)C(=O)O. The maximum absolute atomic E-state index is 12.4. The summed E-state index contributed by atoms with van der Waals surface area (Å²) in [7, 11) is 0. The van der Waals surface area contributed by atoms with E-state index in [2.05, 4.69) is 28.6 Å². The van der Waals surface area contributed by atoms with Crippen molar-refractivity contribution < 1.29 is 34.2 Å². The number of hydrogen-bond acceptors (Lipinski definition) is 8. The van der Waals surface area contributed by atoms with Crippen molar-refractivity contribution in [3.8, 4) is 0 Å². The molecule has 0 aliphatic rings. The predicted molar refractivity (Wildman–Crippen MR) is 106 cm³/mol. The molecule has 0 fully saturated rings. The summed E-state index contributed by atoms with van der Waals surface area (Å²) < 4.78 is 0. The number of primary amides is 1. The first-order valence-electron chi connectivity index (χ1n) is 8.82. The smallest absolute Gasteiger partial charge is 0.326 e. The van der Waals surface area contributed by atoms with Crippen LogP contribution in [0.15, 0.2) is 0 Å². The monoisotopic (exact) mass is 435 g/mol. The first kappa shape index (κ1) is 26.6. The number of rotatable bonds is 13. The lowest BCUT2D eigenvalue weighted by Gasteiger charge is -2.24. The Hall–Kier alpha value is -2.38. The second kappa shape index (κ2) is 13.0. The van der Waals surface area contributed by atoms with Crippen LogP contribution in [0, 0.1) is 5.92 Å². The predicted octanol–water partition coefficient (Wildman–Crippen LogP) is -3.30. The minimum atomic E-state index is -1.46. The standard InChI is InChI=1S/C16H29N5O7S/c1-7(2)3-10(16(27)28)20-14(25)9(4-12(18)23)19-15(26)11(6-29)21-13(24)8(17)5-22/h7-11,22,29H,3-6,17H2,1-2H3,(H2,18,23)(H,19,26)(H,20,25)(H,21,24)(H,27,28). The molecule has 12 nitrogen and oxygen atoms in total. The van der Waals surface area contributed by atoms with E-state index in [0.29, 0.717) is 0 Å².